The smallest absolute Gasteiger partial charge is 0.238 e. The molecule has 0 atom stereocenters. The first-order valence-corrected chi connectivity index (χ1v) is 18.8. The van der Waals surface area contributed by atoms with Crippen LogP contribution in [0.1, 0.15) is 0 Å². The van der Waals surface area contributed by atoms with Crippen LogP contribution in [-0.2, 0) is 0 Å². The predicted molar refractivity (Wildman–Crippen MR) is 229 cm³/mol. The molecule has 0 saturated heterocycles. The highest BCUT2D eigenvalue weighted by atomic mass is 16.3. The summed E-state index contributed by atoms with van der Waals surface area (Å²) < 4.78 is 8.76. The molecule has 0 fully saturated rings. The number of aromatic nitrogens is 4. The summed E-state index contributed by atoms with van der Waals surface area (Å²) in [5.41, 5.74) is 12.4. The van der Waals surface area contributed by atoms with E-state index in [0.29, 0.717) is 17.6 Å². The van der Waals surface area contributed by atoms with Crippen molar-refractivity contribution in [1.29, 1.82) is 0 Å². The van der Waals surface area contributed by atoms with Gasteiger partial charge in [0, 0.05) is 32.7 Å². The molecule has 0 amide bonds. The van der Waals surface area contributed by atoms with Gasteiger partial charge in [-0.25, -0.2) is 4.98 Å². The molecule has 0 aliphatic heterocycles. The molecule has 0 aliphatic rings. The zero-order chi connectivity index (χ0) is 37.0. The van der Waals surface area contributed by atoms with E-state index >= 15 is 0 Å². The Bertz CT molecular complexity index is 3220. The number of benzene rings is 8. The molecule has 5 nitrogen and oxygen atoms in total. The molecule has 11 aromatic rings. The molecule has 0 N–H and O–H groups in total. The topological polar surface area (TPSA) is 56.7 Å². The summed E-state index contributed by atoms with van der Waals surface area (Å²) in [7, 11) is 0. The fraction of sp³-hybridized carbons (Fsp3) is 0. The van der Waals surface area contributed by atoms with Gasteiger partial charge in [-0.3, -0.25) is 4.57 Å². The number of para-hydroxylation sites is 2. The average molecular weight is 717 g/mol. The fourth-order valence-corrected chi connectivity index (χ4v) is 7.93. The molecule has 262 valence electrons. The summed E-state index contributed by atoms with van der Waals surface area (Å²) in [6, 6.07) is 67.5. The highest BCUT2D eigenvalue weighted by Crippen LogP contribution is 2.40. The number of nitrogens with zero attached hydrogens (tertiary/aromatic N) is 4. The minimum Gasteiger partial charge on any atom is -0.454 e. The number of fused-ring (bicyclic) bond motifs is 7. The maximum absolute atomic E-state index is 6.62. The average Bonchev–Trinajstić information content (AvgIpc) is 3.83. The zero-order valence-corrected chi connectivity index (χ0v) is 30.2. The Hall–Kier alpha value is -7.63. The first-order valence-electron chi connectivity index (χ1n) is 18.8. The van der Waals surface area contributed by atoms with E-state index in [2.05, 4.69) is 150 Å². The second kappa shape index (κ2) is 13.0. The van der Waals surface area contributed by atoms with E-state index in [9.17, 15) is 0 Å². The highest BCUT2D eigenvalue weighted by Gasteiger charge is 2.22. The molecule has 0 radical (unpaired) electrons. The van der Waals surface area contributed by atoms with Gasteiger partial charge in [0.25, 0.3) is 0 Å². The second-order valence-corrected chi connectivity index (χ2v) is 14.0. The third-order valence-corrected chi connectivity index (χ3v) is 10.7. The summed E-state index contributed by atoms with van der Waals surface area (Å²) in [6.07, 6.45) is 0. The first kappa shape index (κ1) is 31.9. The molecule has 0 bridgehead atoms. The van der Waals surface area contributed by atoms with Crippen molar-refractivity contribution in [3.8, 4) is 62.1 Å². The number of hydrogen-bond donors (Lipinski definition) is 0. The van der Waals surface area contributed by atoms with Crippen LogP contribution in [-0.4, -0.2) is 19.5 Å². The van der Waals surface area contributed by atoms with Crippen molar-refractivity contribution >= 4 is 43.7 Å². The Balaban J connectivity index is 1.04. The van der Waals surface area contributed by atoms with Crippen molar-refractivity contribution in [2.24, 2.45) is 0 Å². The summed E-state index contributed by atoms with van der Waals surface area (Å²) in [4.78, 5) is 15.5. The van der Waals surface area contributed by atoms with Gasteiger partial charge < -0.3 is 4.42 Å². The van der Waals surface area contributed by atoms with Crippen LogP contribution in [0.25, 0.3) is 106 Å². The Morgan fingerprint density at radius 3 is 1.54 bits per heavy atom. The van der Waals surface area contributed by atoms with Gasteiger partial charge in [0.2, 0.25) is 5.95 Å². The normalized spacial score (nSPS) is 11.6. The predicted octanol–water partition coefficient (Wildman–Crippen LogP) is 13.2. The van der Waals surface area contributed by atoms with Crippen molar-refractivity contribution in [3.05, 3.63) is 194 Å². The minimum absolute atomic E-state index is 0.529. The molecule has 5 heteroatoms. The number of hydrogen-bond acceptors (Lipinski definition) is 4. The van der Waals surface area contributed by atoms with E-state index in [1.807, 2.05) is 48.5 Å². The van der Waals surface area contributed by atoms with Gasteiger partial charge in [0.1, 0.15) is 11.1 Å². The lowest BCUT2D eigenvalue weighted by molar-refractivity contribution is 0.670. The van der Waals surface area contributed by atoms with Gasteiger partial charge >= 0.3 is 0 Å². The first-order chi connectivity index (χ1) is 27.7. The van der Waals surface area contributed by atoms with Crippen LogP contribution in [0.4, 0.5) is 0 Å². The molecule has 3 heterocycles. The maximum atomic E-state index is 6.62. The summed E-state index contributed by atoms with van der Waals surface area (Å²) in [5, 5.41) is 4.31. The molecular weight excluding hydrogens is 685 g/mol. The molecule has 3 aromatic heterocycles. The molecule has 56 heavy (non-hydrogen) atoms. The van der Waals surface area contributed by atoms with Gasteiger partial charge in [0.05, 0.1) is 5.52 Å². The van der Waals surface area contributed by atoms with Crippen LogP contribution in [0.5, 0.6) is 0 Å². The Morgan fingerprint density at radius 1 is 0.339 bits per heavy atom. The maximum Gasteiger partial charge on any atom is 0.238 e. The molecule has 11 rings (SSSR count). The lowest BCUT2D eigenvalue weighted by Crippen LogP contribution is -2.06. The summed E-state index contributed by atoms with van der Waals surface area (Å²) in [6.45, 7) is 0. The lowest BCUT2D eigenvalue weighted by atomic mass is 9.97. The van der Waals surface area contributed by atoms with Crippen LogP contribution in [0, 0.1) is 0 Å². The highest BCUT2D eigenvalue weighted by molar-refractivity contribution is 6.21. The van der Waals surface area contributed by atoms with Crippen molar-refractivity contribution in [2.75, 3.05) is 0 Å². The van der Waals surface area contributed by atoms with E-state index in [1.165, 1.54) is 22.3 Å². The van der Waals surface area contributed by atoms with Gasteiger partial charge in [-0.15, -0.1) is 0 Å². The number of furan rings is 1. The van der Waals surface area contributed by atoms with Crippen molar-refractivity contribution in [1.82, 2.24) is 19.5 Å². The largest absolute Gasteiger partial charge is 0.454 e. The van der Waals surface area contributed by atoms with Crippen molar-refractivity contribution in [3.63, 3.8) is 0 Å². The number of rotatable bonds is 6. The molecule has 8 aromatic carbocycles. The van der Waals surface area contributed by atoms with E-state index in [1.54, 1.807) is 0 Å². The molecule has 0 unspecified atom stereocenters. The Kier molecular flexibility index (Phi) is 7.42. The lowest BCUT2D eigenvalue weighted by Gasteiger charge is -2.12. The molecule has 0 saturated carbocycles. The zero-order valence-electron chi connectivity index (χ0n) is 30.2. The monoisotopic (exact) mass is 716 g/mol. The summed E-state index contributed by atoms with van der Waals surface area (Å²) >= 11 is 0. The Morgan fingerprint density at radius 2 is 0.839 bits per heavy atom. The third kappa shape index (κ3) is 5.37. The van der Waals surface area contributed by atoms with Crippen LogP contribution in [0.15, 0.2) is 199 Å². The Labute approximate surface area is 322 Å². The minimum atomic E-state index is 0.529. The fourth-order valence-electron chi connectivity index (χ4n) is 7.93. The van der Waals surface area contributed by atoms with E-state index < -0.39 is 0 Å². The van der Waals surface area contributed by atoms with Crippen LogP contribution in [0.2, 0.25) is 0 Å². The summed E-state index contributed by atoms with van der Waals surface area (Å²) in [5.74, 6) is 1.72. The van der Waals surface area contributed by atoms with Crippen molar-refractivity contribution in [2.45, 2.75) is 0 Å². The van der Waals surface area contributed by atoms with E-state index in [4.69, 9.17) is 19.4 Å². The quantitative estimate of drug-likeness (QED) is 0.172. The molecule has 0 aliphatic carbocycles. The van der Waals surface area contributed by atoms with Gasteiger partial charge in [0.15, 0.2) is 17.2 Å². The molecular formula is C51H32N4O. The van der Waals surface area contributed by atoms with E-state index in [0.717, 1.165) is 66.0 Å². The van der Waals surface area contributed by atoms with Crippen LogP contribution < -0.4 is 0 Å². The van der Waals surface area contributed by atoms with Crippen molar-refractivity contribution < 1.29 is 4.42 Å². The SMILES string of the molecule is c1ccc(-c2ccc(-c3ccc(-c4cccc(-c5nc(-c6ccccc6)nc(-n6c7ccccc7c7ccc8c9ccccc9oc8c76)n5)c4)cc3)cc2)cc1. The van der Waals surface area contributed by atoms with E-state index in [-0.39, 0.29) is 0 Å². The van der Waals surface area contributed by atoms with Crippen LogP contribution in [0.3, 0.4) is 0 Å². The second-order valence-electron chi connectivity index (χ2n) is 14.0. The standard InChI is InChI=1S/C51H32N4O/c1-3-12-33(13-4-1)34-22-24-35(25-23-34)36-26-28-37(29-27-36)39-16-11-17-40(32-39)50-52-49(38-14-5-2-6-15-38)53-51(54-50)55-45-20-9-7-18-41(45)43-30-31-44-42-19-8-10-21-46(42)56-48(44)47(43)55/h1-32H. The van der Waals surface area contributed by atoms with Gasteiger partial charge in [-0.1, -0.05) is 170 Å². The van der Waals surface area contributed by atoms with Gasteiger partial charge in [-0.2, -0.15) is 9.97 Å². The third-order valence-electron chi connectivity index (χ3n) is 10.7. The van der Waals surface area contributed by atoms with Gasteiger partial charge in [-0.05, 0) is 57.6 Å². The molecule has 0 spiro atoms. The van der Waals surface area contributed by atoms with Crippen LogP contribution >= 0.6 is 0 Å².